The van der Waals surface area contributed by atoms with E-state index in [1.807, 2.05) is 6.07 Å². The Bertz CT molecular complexity index is 445. The monoisotopic (exact) mass is 269 g/mol. The van der Waals surface area contributed by atoms with Crippen LogP contribution in [-0.4, -0.2) is 50.7 Å². The number of hydrogen-bond acceptors (Lipinski definition) is 5. The summed E-state index contributed by atoms with van der Waals surface area (Å²) >= 11 is 1.46. The van der Waals surface area contributed by atoms with Crippen molar-refractivity contribution in [3.8, 4) is 0 Å². The van der Waals surface area contributed by atoms with E-state index in [0.29, 0.717) is 10.6 Å². The highest BCUT2D eigenvalue weighted by Gasteiger charge is 2.22. The Morgan fingerprint density at radius 2 is 2.33 bits per heavy atom. The van der Waals surface area contributed by atoms with Gasteiger partial charge in [-0.05, 0) is 13.0 Å². The first kappa shape index (κ1) is 13.2. The average molecular weight is 269 g/mol. The number of nitrogen functional groups attached to an aromatic ring is 1. The Labute approximate surface area is 111 Å². The summed E-state index contributed by atoms with van der Waals surface area (Å²) in [5.41, 5.74) is 6.49. The number of nitrogens with two attached hydrogens (primary N) is 1. The van der Waals surface area contributed by atoms with Crippen molar-refractivity contribution in [1.82, 2.24) is 4.90 Å². The van der Waals surface area contributed by atoms with Crippen molar-refractivity contribution < 1.29 is 9.53 Å². The summed E-state index contributed by atoms with van der Waals surface area (Å²) in [6.45, 7) is 4.46. The quantitative estimate of drug-likeness (QED) is 0.878. The SMILES string of the molecule is CC1CN(c2cc(N)c(C(=O)N(C)C)s2)CCO1. The molecule has 1 saturated heterocycles. The van der Waals surface area contributed by atoms with E-state index in [9.17, 15) is 4.79 Å². The second-order valence-corrected chi connectivity index (χ2v) is 5.73. The van der Waals surface area contributed by atoms with Crippen LogP contribution in [0.25, 0.3) is 0 Å². The van der Waals surface area contributed by atoms with E-state index in [1.165, 1.54) is 11.3 Å². The molecule has 1 aliphatic heterocycles. The number of morpholine rings is 1. The first-order valence-electron chi connectivity index (χ1n) is 5.96. The number of anilines is 2. The van der Waals surface area contributed by atoms with Crippen LogP contribution in [0.15, 0.2) is 6.07 Å². The van der Waals surface area contributed by atoms with Gasteiger partial charge >= 0.3 is 0 Å². The molecular formula is C12H19N3O2S. The van der Waals surface area contributed by atoms with E-state index in [4.69, 9.17) is 10.5 Å². The Kier molecular flexibility index (Phi) is 3.77. The van der Waals surface area contributed by atoms with Gasteiger partial charge in [-0.2, -0.15) is 0 Å². The van der Waals surface area contributed by atoms with Crippen LogP contribution in [0.5, 0.6) is 0 Å². The van der Waals surface area contributed by atoms with Gasteiger partial charge in [-0.1, -0.05) is 0 Å². The summed E-state index contributed by atoms with van der Waals surface area (Å²) in [7, 11) is 3.47. The standard InChI is InChI=1S/C12H19N3O2S/c1-8-7-15(4-5-17-8)10-6-9(13)11(18-10)12(16)14(2)3/h6,8H,4-5,7,13H2,1-3H3. The molecule has 0 aliphatic carbocycles. The van der Waals surface area contributed by atoms with E-state index in [0.717, 1.165) is 24.7 Å². The Balaban J connectivity index is 2.20. The topological polar surface area (TPSA) is 58.8 Å². The highest BCUT2D eigenvalue weighted by atomic mass is 32.1. The first-order valence-corrected chi connectivity index (χ1v) is 6.78. The molecule has 1 amide bonds. The zero-order valence-electron chi connectivity index (χ0n) is 11.0. The zero-order chi connectivity index (χ0) is 13.3. The van der Waals surface area contributed by atoms with E-state index in [1.54, 1.807) is 19.0 Å². The van der Waals surface area contributed by atoms with Gasteiger partial charge in [-0.25, -0.2) is 0 Å². The molecule has 1 atom stereocenters. The maximum atomic E-state index is 11.9. The second kappa shape index (κ2) is 5.16. The molecule has 18 heavy (non-hydrogen) atoms. The van der Waals surface area contributed by atoms with E-state index in [2.05, 4.69) is 11.8 Å². The molecule has 1 unspecified atom stereocenters. The van der Waals surface area contributed by atoms with E-state index >= 15 is 0 Å². The van der Waals surface area contributed by atoms with Gasteiger partial charge in [0.15, 0.2) is 0 Å². The van der Waals surface area contributed by atoms with Crippen LogP contribution in [-0.2, 0) is 4.74 Å². The van der Waals surface area contributed by atoms with Gasteiger partial charge in [-0.3, -0.25) is 4.79 Å². The number of amides is 1. The number of ether oxygens (including phenoxy) is 1. The van der Waals surface area contributed by atoms with Gasteiger partial charge in [0.25, 0.3) is 5.91 Å². The first-order chi connectivity index (χ1) is 8.49. The minimum atomic E-state index is -0.0370. The molecule has 0 bridgehead atoms. The number of carbonyl (C=O) groups is 1. The number of rotatable bonds is 2. The third kappa shape index (κ3) is 2.59. The van der Waals surface area contributed by atoms with E-state index < -0.39 is 0 Å². The van der Waals surface area contributed by atoms with Crippen molar-refractivity contribution in [2.24, 2.45) is 0 Å². The molecule has 1 aromatic heterocycles. The normalized spacial score (nSPS) is 19.9. The molecule has 100 valence electrons. The van der Waals surface area contributed by atoms with Gasteiger partial charge in [0.2, 0.25) is 0 Å². The molecule has 0 saturated carbocycles. The average Bonchev–Trinajstić information content (AvgIpc) is 2.70. The van der Waals surface area contributed by atoms with Gasteiger partial charge in [0.05, 0.1) is 23.4 Å². The minimum Gasteiger partial charge on any atom is -0.397 e. The zero-order valence-corrected chi connectivity index (χ0v) is 11.8. The van der Waals surface area contributed by atoms with Crippen LogP contribution >= 0.6 is 11.3 Å². The highest BCUT2D eigenvalue weighted by Crippen LogP contribution is 2.33. The summed E-state index contributed by atoms with van der Waals surface area (Å²) in [5, 5.41) is 1.05. The summed E-state index contributed by atoms with van der Waals surface area (Å²) in [6, 6.07) is 1.89. The summed E-state index contributed by atoms with van der Waals surface area (Å²) < 4.78 is 5.51. The van der Waals surface area contributed by atoms with E-state index in [-0.39, 0.29) is 12.0 Å². The fourth-order valence-electron chi connectivity index (χ4n) is 1.94. The molecule has 0 aromatic carbocycles. The van der Waals surface area contributed by atoms with Gasteiger partial charge in [0, 0.05) is 27.2 Å². The Hall–Kier alpha value is -1.27. The molecule has 2 N–H and O–H groups in total. The Morgan fingerprint density at radius 1 is 1.61 bits per heavy atom. The molecule has 6 heteroatoms. The smallest absolute Gasteiger partial charge is 0.265 e. The van der Waals surface area contributed by atoms with Crippen LogP contribution < -0.4 is 10.6 Å². The van der Waals surface area contributed by atoms with Crippen molar-refractivity contribution in [2.75, 3.05) is 44.4 Å². The number of nitrogens with zero attached hydrogens (tertiary/aromatic N) is 2. The largest absolute Gasteiger partial charge is 0.397 e. The second-order valence-electron chi connectivity index (χ2n) is 4.70. The summed E-state index contributed by atoms with van der Waals surface area (Å²) in [5.74, 6) is -0.0370. The van der Waals surface area contributed by atoms with Gasteiger partial charge in [-0.15, -0.1) is 11.3 Å². The molecule has 2 rings (SSSR count). The fourth-order valence-corrected chi connectivity index (χ4v) is 3.07. The van der Waals surface area contributed by atoms with Crippen LogP contribution in [0, 0.1) is 0 Å². The van der Waals surface area contributed by atoms with Crippen LogP contribution in [0.3, 0.4) is 0 Å². The third-order valence-electron chi connectivity index (χ3n) is 2.90. The molecular weight excluding hydrogens is 250 g/mol. The number of thiophene rings is 1. The highest BCUT2D eigenvalue weighted by molar-refractivity contribution is 7.18. The number of carbonyl (C=O) groups excluding carboxylic acids is 1. The van der Waals surface area contributed by atoms with Crippen molar-refractivity contribution in [2.45, 2.75) is 13.0 Å². The minimum absolute atomic E-state index is 0.0370. The van der Waals surface area contributed by atoms with Gasteiger partial charge in [0.1, 0.15) is 4.88 Å². The Morgan fingerprint density at radius 3 is 2.94 bits per heavy atom. The summed E-state index contributed by atoms with van der Waals surface area (Å²) in [4.78, 5) is 16.3. The molecule has 0 radical (unpaired) electrons. The van der Waals surface area contributed by atoms with Gasteiger partial charge < -0.3 is 20.3 Å². The molecule has 5 nitrogen and oxygen atoms in total. The molecule has 0 spiro atoms. The van der Waals surface area contributed by atoms with Crippen molar-refractivity contribution in [1.29, 1.82) is 0 Å². The lowest BCUT2D eigenvalue weighted by atomic mass is 10.3. The molecule has 1 fully saturated rings. The molecule has 1 aromatic rings. The molecule has 2 heterocycles. The lowest BCUT2D eigenvalue weighted by molar-refractivity contribution is 0.0534. The fraction of sp³-hybridized carbons (Fsp3) is 0.583. The van der Waals surface area contributed by atoms with Crippen molar-refractivity contribution in [3.63, 3.8) is 0 Å². The van der Waals surface area contributed by atoms with Crippen LogP contribution in [0.4, 0.5) is 10.7 Å². The van der Waals surface area contributed by atoms with Crippen molar-refractivity contribution >= 4 is 27.9 Å². The number of hydrogen-bond donors (Lipinski definition) is 1. The van der Waals surface area contributed by atoms with Crippen molar-refractivity contribution in [3.05, 3.63) is 10.9 Å². The van der Waals surface area contributed by atoms with Crippen LogP contribution in [0.1, 0.15) is 16.6 Å². The lowest BCUT2D eigenvalue weighted by Gasteiger charge is -2.31. The maximum Gasteiger partial charge on any atom is 0.265 e. The summed E-state index contributed by atoms with van der Waals surface area (Å²) in [6.07, 6.45) is 0.218. The van der Waals surface area contributed by atoms with Crippen LogP contribution in [0.2, 0.25) is 0 Å². The maximum absolute atomic E-state index is 11.9. The predicted molar refractivity (Wildman–Crippen MR) is 74.4 cm³/mol. The predicted octanol–water partition coefficient (Wildman–Crippen LogP) is 1.26. The molecule has 1 aliphatic rings. The lowest BCUT2D eigenvalue weighted by Crippen LogP contribution is -2.40. The third-order valence-corrected chi connectivity index (χ3v) is 4.10.